The van der Waals surface area contributed by atoms with Crippen LogP contribution in [0.5, 0.6) is 0 Å². The second-order valence-electron chi connectivity index (χ2n) is 4.94. The Hall–Kier alpha value is -1.62. The highest BCUT2D eigenvalue weighted by Crippen LogP contribution is 1.97. The van der Waals surface area contributed by atoms with E-state index in [4.69, 9.17) is 4.74 Å². The molecule has 1 aromatic rings. The molecule has 0 unspecified atom stereocenters. The topological polar surface area (TPSA) is 58.5 Å². The van der Waals surface area contributed by atoms with Crippen molar-refractivity contribution in [1.82, 2.24) is 15.6 Å². The summed E-state index contributed by atoms with van der Waals surface area (Å²) in [7, 11) is 1.77. The van der Waals surface area contributed by atoms with Gasteiger partial charge >= 0.3 is 0 Å². The van der Waals surface area contributed by atoms with Crippen LogP contribution in [0.1, 0.15) is 37.6 Å². The van der Waals surface area contributed by atoms with E-state index in [-0.39, 0.29) is 0 Å². The molecule has 0 radical (unpaired) electrons. The number of rotatable bonds is 9. The molecular formula is C16H28N4O. The minimum atomic E-state index is 0.675. The Morgan fingerprint density at radius 3 is 2.76 bits per heavy atom. The second-order valence-corrected chi connectivity index (χ2v) is 4.94. The number of ether oxygens (including phenoxy) is 1. The molecule has 118 valence electrons. The Labute approximate surface area is 128 Å². The van der Waals surface area contributed by atoms with E-state index < -0.39 is 0 Å². The molecule has 2 N–H and O–H groups in total. The zero-order valence-electron chi connectivity index (χ0n) is 13.5. The van der Waals surface area contributed by atoms with Gasteiger partial charge in [0.1, 0.15) is 0 Å². The minimum absolute atomic E-state index is 0.675. The quantitative estimate of drug-likeness (QED) is 0.416. The fourth-order valence-corrected chi connectivity index (χ4v) is 1.82. The van der Waals surface area contributed by atoms with Gasteiger partial charge in [0, 0.05) is 32.5 Å². The largest absolute Gasteiger partial charge is 0.381 e. The maximum Gasteiger partial charge on any atom is 0.191 e. The number of pyridine rings is 1. The molecule has 0 spiro atoms. The third kappa shape index (κ3) is 8.30. The van der Waals surface area contributed by atoms with Gasteiger partial charge in [-0.3, -0.25) is 9.98 Å². The zero-order chi connectivity index (χ0) is 15.3. The fourth-order valence-electron chi connectivity index (χ4n) is 1.82. The van der Waals surface area contributed by atoms with E-state index in [1.165, 1.54) is 6.42 Å². The first-order chi connectivity index (χ1) is 10.3. The fraction of sp³-hybridized carbons (Fsp3) is 0.625. The molecule has 0 aliphatic rings. The van der Waals surface area contributed by atoms with Crippen LogP contribution in [-0.2, 0) is 11.3 Å². The Bertz CT molecular complexity index is 420. The number of hydrogen-bond donors (Lipinski definition) is 2. The van der Waals surface area contributed by atoms with Crippen LogP contribution in [0, 0.1) is 6.92 Å². The van der Waals surface area contributed by atoms with Gasteiger partial charge in [-0.15, -0.1) is 0 Å². The molecule has 1 rings (SSSR count). The van der Waals surface area contributed by atoms with E-state index in [0.29, 0.717) is 6.54 Å². The Kier molecular flexibility index (Phi) is 9.20. The summed E-state index contributed by atoms with van der Waals surface area (Å²) in [6.07, 6.45) is 3.30. The summed E-state index contributed by atoms with van der Waals surface area (Å²) in [5, 5.41) is 6.54. The molecule has 0 atom stereocenters. The van der Waals surface area contributed by atoms with Crippen LogP contribution in [0.25, 0.3) is 0 Å². The van der Waals surface area contributed by atoms with Gasteiger partial charge in [0.2, 0.25) is 0 Å². The predicted molar refractivity (Wildman–Crippen MR) is 87.5 cm³/mol. The highest BCUT2D eigenvalue weighted by atomic mass is 16.5. The smallest absolute Gasteiger partial charge is 0.191 e. The number of unbranched alkanes of at least 4 members (excludes halogenated alkanes) is 1. The molecule has 0 bridgehead atoms. The van der Waals surface area contributed by atoms with Crippen molar-refractivity contribution in [1.29, 1.82) is 0 Å². The predicted octanol–water partition coefficient (Wildman–Crippen LogP) is 2.26. The van der Waals surface area contributed by atoms with E-state index >= 15 is 0 Å². The first-order valence-corrected chi connectivity index (χ1v) is 7.71. The van der Waals surface area contributed by atoms with E-state index in [1.807, 2.05) is 25.1 Å². The van der Waals surface area contributed by atoms with Crippen molar-refractivity contribution in [3.05, 3.63) is 29.6 Å². The lowest BCUT2D eigenvalue weighted by Gasteiger charge is -2.12. The second kappa shape index (κ2) is 11.1. The van der Waals surface area contributed by atoms with Crippen LogP contribution < -0.4 is 10.6 Å². The summed E-state index contributed by atoms with van der Waals surface area (Å²) in [6.45, 7) is 7.35. The van der Waals surface area contributed by atoms with Crippen molar-refractivity contribution in [3.8, 4) is 0 Å². The van der Waals surface area contributed by atoms with E-state index in [9.17, 15) is 0 Å². The third-order valence-electron chi connectivity index (χ3n) is 3.01. The molecule has 21 heavy (non-hydrogen) atoms. The summed E-state index contributed by atoms with van der Waals surface area (Å²) >= 11 is 0. The minimum Gasteiger partial charge on any atom is -0.381 e. The van der Waals surface area contributed by atoms with Crippen molar-refractivity contribution < 1.29 is 4.74 Å². The van der Waals surface area contributed by atoms with Crippen molar-refractivity contribution in [3.63, 3.8) is 0 Å². The van der Waals surface area contributed by atoms with Crippen LogP contribution in [0.3, 0.4) is 0 Å². The van der Waals surface area contributed by atoms with Crippen molar-refractivity contribution in [2.45, 2.75) is 39.7 Å². The number of nitrogens with one attached hydrogen (secondary N) is 2. The van der Waals surface area contributed by atoms with E-state index in [1.54, 1.807) is 7.05 Å². The summed E-state index contributed by atoms with van der Waals surface area (Å²) in [5.41, 5.74) is 2.04. The highest BCUT2D eigenvalue weighted by molar-refractivity contribution is 5.79. The molecule has 0 saturated heterocycles. The molecule has 0 aliphatic heterocycles. The molecule has 0 fully saturated rings. The molecule has 0 aromatic carbocycles. The summed E-state index contributed by atoms with van der Waals surface area (Å²) in [5.74, 6) is 0.798. The molecule has 5 nitrogen and oxygen atoms in total. The Morgan fingerprint density at radius 1 is 1.24 bits per heavy atom. The third-order valence-corrected chi connectivity index (χ3v) is 3.01. The van der Waals surface area contributed by atoms with Gasteiger partial charge in [-0.25, -0.2) is 0 Å². The maximum absolute atomic E-state index is 5.52. The molecule has 0 saturated carbocycles. The zero-order valence-corrected chi connectivity index (χ0v) is 13.5. The molecule has 0 aliphatic carbocycles. The summed E-state index contributed by atoms with van der Waals surface area (Å²) in [4.78, 5) is 8.65. The first-order valence-electron chi connectivity index (χ1n) is 7.71. The molecular weight excluding hydrogens is 264 g/mol. The number of aliphatic imine (C=N–C) groups is 1. The maximum atomic E-state index is 5.52. The van der Waals surface area contributed by atoms with Gasteiger partial charge < -0.3 is 15.4 Å². The lowest BCUT2D eigenvalue weighted by molar-refractivity contribution is 0.129. The molecule has 5 heteroatoms. The van der Waals surface area contributed by atoms with Crippen LogP contribution in [0.4, 0.5) is 0 Å². The van der Waals surface area contributed by atoms with Gasteiger partial charge in [-0.2, -0.15) is 0 Å². The number of aromatic nitrogens is 1. The average molecular weight is 292 g/mol. The number of nitrogens with zero attached hydrogens (tertiary/aromatic N) is 2. The van der Waals surface area contributed by atoms with Crippen LogP contribution in [0.2, 0.25) is 0 Å². The summed E-state index contributed by atoms with van der Waals surface area (Å²) in [6, 6.07) is 6.02. The van der Waals surface area contributed by atoms with Crippen molar-refractivity contribution in [2.24, 2.45) is 4.99 Å². The number of aryl methyl sites for hydroxylation is 1. The van der Waals surface area contributed by atoms with Gasteiger partial charge in [0.25, 0.3) is 0 Å². The monoisotopic (exact) mass is 292 g/mol. The first kappa shape index (κ1) is 17.4. The van der Waals surface area contributed by atoms with Crippen molar-refractivity contribution in [2.75, 3.05) is 26.8 Å². The van der Waals surface area contributed by atoms with Crippen LogP contribution in [-0.4, -0.2) is 37.7 Å². The number of guanidine groups is 1. The molecule has 1 aromatic heterocycles. The highest BCUT2D eigenvalue weighted by Gasteiger charge is 1.99. The van der Waals surface area contributed by atoms with E-state index in [2.05, 4.69) is 27.5 Å². The van der Waals surface area contributed by atoms with Crippen molar-refractivity contribution >= 4 is 5.96 Å². The lowest BCUT2D eigenvalue weighted by atomic mass is 10.3. The lowest BCUT2D eigenvalue weighted by Crippen LogP contribution is -2.37. The van der Waals surface area contributed by atoms with Gasteiger partial charge in [-0.05, 0) is 31.9 Å². The van der Waals surface area contributed by atoms with E-state index in [0.717, 1.165) is 49.9 Å². The average Bonchev–Trinajstić information content (AvgIpc) is 2.49. The summed E-state index contributed by atoms with van der Waals surface area (Å²) < 4.78 is 5.52. The Morgan fingerprint density at radius 2 is 2.05 bits per heavy atom. The van der Waals surface area contributed by atoms with Crippen LogP contribution >= 0.6 is 0 Å². The molecule has 0 amide bonds. The normalized spacial score (nSPS) is 11.5. The number of hydrogen-bond acceptors (Lipinski definition) is 3. The molecule has 1 heterocycles. The van der Waals surface area contributed by atoms with Gasteiger partial charge in [0.05, 0.1) is 12.2 Å². The Balaban J connectivity index is 2.15. The van der Waals surface area contributed by atoms with Gasteiger partial charge in [-0.1, -0.05) is 19.4 Å². The van der Waals surface area contributed by atoms with Gasteiger partial charge in [0.15, 0.2) is 5.96 Å². The van der Waals surface area contributed by atoms with Crippen LogP contribution in [0.15, 0.2) is 23.2 Å². The SMILES string of the molecule is CCCCOCCCNC(=NC)NCc1cccc(C)n1. The standard InChI is InChI=1S/C16H28N4O/c1-4-5-11-21-12-7-10-18-16(17-3)19-13-15-9-6-8-14(2)20-15/h6,8-9H,4-5,7,10-13H2,1-3H3,(H2,17,18,19).